The first kappa shape index (κ1) is 27.7. The third kappa shape index (κ3) is 6.67. The second kappa shape index (κ2) is 12.6. The SMILES string of the molecule is COc1cc2c(cc1OC)CN(CCc1ccc(NC(=O)c3ccccc3NC(=O)c3cccc(O)c3)cc1)CC2. The van der Waals surface area contributed by atoms with Gasteiger partial charge in [0.05, 0.1) is 25.5 Å². The summed E-state index contributed by atoms with van der Waals surface area (Å²) in [6, 6.07) is 24.9. The van der Waals surface area contributed by atoms with Crippen LogP contribution in [0.1, 0.15) is 37.4 Å². The Labute approximate surface area is 239 Å². The number of para-hydroxylation sites is 1. The summed E-state index contributed by atoms with van der Waals surface area (Å²) in [5.41, 5.74) is 5.44. The minimum Gasteiger partial charge on any atom is -0.508 e. The summed E-state index contributed by atoms with van der Waals surface area (Å²) in [6.07, 6.45) is 1.86. The normalized spacial score (nSPS) is 12.7. The van der Waals surface area contributed by atoms with Crippen molar-refractivity contribution in [2.75, 3.05) is 37.9 Å². The van der Waals surface area contributed by atoms with Crippen LogP contribution in [0.3, 0.4) is 0 Å². The van der Waals surface area contributed by atoms with Gasteiger partial charge in [-0.3, -0.25) is 14.5 Å². The second-order valence-corrected chi connectivity index (χ2v) is 9.95. The number of nitrogens with zero attached hydrogens (tertiary/aromatic N) is 1. The molecule has 0 fully saturated rings. The van der Waals surface area contributed by atoms with E-state index in [-0.39, 0.29) is 11.7 Å². The molecule has 1 heterocycles. The molecule has 0 spiro atoms. The summed E-state index contributed by atoms with van der Waals surface area (Å²) >= 11 is 0. The number of carbonyl (C=O) groups is 2. The van der Waals surface area contributed by atoms with Gasteiger partial charge in [0.15, 0.2) is 11.5 Å². The monoisotopic (exact) mass is 551 g/mol. The minimum absolute atomic E-state index is 0.00454. The van der Waals surface area contributed by atoms with Crippen molar-refractivity contribution >= 4 is 23.2 Å². The minimum atomic E-state index is -0.415. The highest BCUT2D eigenvalue weighted by atomic mass is 16.5. The van der Waals surface area contributed by atoms with Crippen LogP contribution in [-0.4, -0.2) is 49.1 Å². The predicted octanol–water partition coefficient (Wildman–Crippen LogP) is 5.51. The number of hydrogen-bond donors (Lipinski definition) is 3. The molecule has 1 aliphatic rings. The van der Waals surface area contributed by atoms with Gasteiger partial charge in [0.1, 0.15) is 5.75 Å². The van der Waals surface area contributed by atoms with Gasteiger partial charge in [-0.15, -0.1) is 0 Å². The number of amides is 2. The fourth-order valence-electron chi connectivity index (χ4n) is 5.00. The Hall–Kier alpha value is -4.82. The quantitative estimate of drug-likeness (QED) is 0.254. The number of carbonyl (C=O) groups excluding carboxylic acids is 2. The molecule has 2 amide bonds. The van der Waals surface area contributed by atoms with Crippen molar-refractivity contribution in [3.63, 3.8) is 0 Å². The smallest absolute Gasteiger partial charge is 0.257 e. The van der Waals surface area contributed by atoms with Crippen molar-refractivity contribution in [1.29, 1.82) is 0 Å². The summed E-state index contributed by atoms with van der Waals surface area (Å²) in [4.78, 5) is 28.2. The molecule has 210 valence electrons. The largest absolute Gasteiger partial charge is 0.508 e. The lowest BCUT2D eigenvalue weighted by atomic mass is 9.98. The van der Waals surface area contributed by atoms with Crippen molar-refractivity contribution in [1.82, 2.24) is 4.90 Å². The Kier molecular flexibility index (Phi) is 8.50. The molecule has 3 N–H and O–H groups in total. The van der Waals surface area contributed by atoms with Crippen LogP contribution in [0.25, 0.3) is 0 Å². The Morgan fingerprint density at radius 1 is 0.829 bits per heavy atom. The maximum Gasteiger partial charge on any atom is 0.257 e. The number of phenols is 1. The van der Waals surface area contributed by atoms with E-state index in [4.69, 9.17) is 9.47 Å². The Balaban J connectivity index is 1.17. The molecule has 0 saturated carbocycles. The summed E-state index contributed by atoms with van der Waals surface area (Å²) in [5.74, 6) is 0.779. The van der Waals surface area contributed by atoms with Gasteiger partial charge >= 0.3 is 0 Å². The Morgan fingerprint density at radius 3 is 2.29 bits per heavy atom. The number of hydrogen-bond acceptors (Lipinski definition) is 6. The Bertz CT molecular complexity index is 1550. The van der Waals surface area contributed by atoms with Crippen LogP contribution in [0.5, 0.6) is 17.2 Å². The van der Waals surface area contributed by atoms with Crippen LogP contribution >= 0.6 is 0 Å². The van der Waals surface area contributed by atoms with Crippen molar-refractivity contribution in [2.24, 2.45) is 0 Å². The number of methoxy groups -OCH3 is 2. The van der Waals surface area contributed by atoms with Crippen molar-refractivity contribution < 1.29 is 24.2 Å². The van der Waals surface area contributed by atoms with Gasteiger partial charge in [0.2, 0.25) is 0 Å². The van der Waals surface area contributed by atoms with Gasteiger partial charge in [-0.2, -0.15) is 0 Å². The molecule has 0 atom stereocenters. The van der Waals surface area contributed by atoms with E-state index in [0.29, 0.717) is 22.5 Å². The molecular weight excluding hydrogens is 518 g/mol. The van der Waals surface area contributed by atoms with Crippen molar-refractivity contribution in [2.45, 2.75) is 19.4 Å². The first-order chi connectivity index (χ1) is 19.9. The lowest BCUT2D eigenvalue weighted by Gasteiger charge is -2.29. The number of nitrogens with one attached hydrogen (secondary N) is 2. The lowest BCUT2D eigenvalue weighted by Crippen LogP contribution is -2.32. The molecule has 0 bridgehead atoms. The van der Waals surface area contributed by atoms with Crippen LogP contribution in [0, 0.1) is 0 Å². The lowest BCUT2D eigenvalue weighted by molar-refractivity contribution is 0.102. The molecular formula is C33H33N3O5. The van der Waals surface area contributed by atoms with E-state index in [1.54, 1.807) is 50.6 Å². The third-order valence-electron chi connectivity index (χ3n) is 7.25. The maximum atomic E-state index is 13.1. The van der Waals surface area contributed by atoms with Crippen molar-refractivity contribution in [3.8, 4) is 17.2 Å². The highest BCUT2D eigenvalue weighted by Crippen LogP contribution is 2.33. The molecule has 0 aromatic heterocycles. The van der Waals surface area contributed by atoms with Gasteiger partial charge in [-0.25, -0.2) is 0 Å². The number of aromatic hydroxyl groups is 1. The predicted molar refractivity (Wildman–Crippen MR) is 159 cm³/mol. The first-order valence-corrected chi connectivity index (χ1v) is 13.5. The number of fused-ring (bicyclic) bond motifs is 1. The molecule has 0 aliphatic carbocycles. The number of rotatable bonds is 9. The van der Waals surface area contributed by atoms with E-state index in [2.05, 4.69) is 27.7 Å². The molecule has 0 radical (unpaired) electrons. The van der Waals surface area contributed by atoms with E-state index in [9.17, 15) is 14.7 Å². The first-order valence-electron chi connectivity index (χ1n) is 13.5. The Morgan fingerprint density at radius 2 is 1.56 bits per heavy atom. The van der Waals surface area contributed by atoms with E-state index in [0.717, 1.165) is 44.0 Å². The number of ether oxygens (including phenoxy) is 2. The van der Waals surface area contributed by atoms with Crippen LogP contribution < -0.4 is 20.1 Å². The van der Waals surface area contributed by atoms with Gasteiger partial charge in [0, 0.05) is 30.9 Å². The second-order valence-electron chi connectivity index (χ2n) is 9.95. The van der Waals surface area contributed by atoms with E-state index >= 15 is 0 Å². The third-order valence-corrected chi connectivity index (χ3v) is 7.25. The topological polar surface area (TPSA) is 100 Å². The zero-order chi connectivity index (χ0) is 28.8. The molecule has 41 heavy (non-hydrogen) atoms. The molecule has 4 aromatic carbocycles. The highest BCUT2D eigenvalue weighted by molar-refractivity contribution is 6.12. The molecule has 0 unspecified atom stereocenters. The zero-order valence-electron chi connectivity index (χ0n) is 23.1. The molecule has 1 aliphatic heterocycles. The van der Waals surface area contributed by atoms with Gasteiger partial charge in [-0.05, 0) is 84.1 Å². The van der Waals surface area contributed by atoms with E-state index < -0.39 is 5.91 Å². The average Bonchev–Trinajstić information content (AvgIpc) is 3.00. The number of benzene rings is 4. The van der Waals surface area contributed by atoms with Crippen LogP contribution in [0.2, 0.25) is 0 Å². The van der Waals surface area contributed by atoms with Crippen LogP contribution in [0.15, 0.2) is 84.9 Å². The van der Waals surface area contributed by atoms with E-state index in [1.165, 1.54) is 28.8 Å². The fourth-order valence-corrected chi connectivity index (χ4v) is 5.00. The van der Waals surface area contributed by atoms with Gasteiger partial charge in [0.25, 0.3) is 11.8 Å². The van der Waals surface area contributed by atoms with E-state index in [1.807, 2.05) is 24.3 Å². The van der Waals surface area contributed by atoms with Crippen molar-refractivity contribution in [3.05, 3.63) is 113 Å². The summed E-state index contributed by atoms with van der Waals surface area (Å²) in [5, 5.41) is 15.4. The molecule has 8 heteroatoms. The maximum absolute atomic E-state index is 13.1. The number of anilines is 2. The fraction of sp³-hybridized carbons (Fsp3) is 0.212. The number of phenolic OH excluding ortho intramolecular Hbond substituents is 1. The zero-order valence-corrected chi connectivity index (χ0v) is 23.1. The van der Waals surface area contributed by atoms with Crippen LogP contribution in [-0.2, 0) is 19.4 Å². The highest BCUT2D eigenvalue weighted by Gasteiger charge is 2.19. The van der Waals surface area contributed by atoms with Gasteiger partial charge < -0.3 is 25.2 Å². The molecule has 4 aromatic rings. The molecule has 8 nitrogen and oxygen atoms in total. The summed E-state index contributed by atoms with van der Waals surface area (Å²) in [7, 11) is 3.32. The standard InChI is InChI=1S/C33H33N3O5/c1-40-30-19-23-15-17-36(21-25(23)20-31(30)41-2)16-14-22-10-12-26(13-11-22)34-33(39)28-8-3-4-9-29(28)35-32(38)24-6-5-7-27(37)18-24/h3-13,18-20,37H,14-17,21H2,1-2H3,(H,34,39)(H,35,38). The summed E-state index contributed by atoms with van der Waals surface area (Å²) < 4.78 is 10.9. The molecule has 0 saturated heterocycles. The van der Waals surface area contributed by atoms with Crippen LogP contribution in [0.4, 0.5) is 11.4 Å². The van der Waals surface area contributed by atoms with Gasteiger partial charge in [-0.1, -0.05) is 30.3 Å². The summed E-state index contributed by atoms with van der Waals surface area (Å²) in [6.45, 7) is 2.77. The molecule has 5 rings (SSSR count). The average molecular weight is 552 g/mol.